The third-order valence-corrected chi connectivity index (χ3v) is 7.56. The van der Waals surface area contributed by atoms with Gasteiger partial charge in [0.25, 0.3) is 5.91 Å². The largest absolute Gasteiger partial charge is 0.463 e. The molecule has 0 radical (unpaired) electrons. The number of carbonyl (C=O) groups is 1. The van der Waals surface area contributed by atoms with E-state index in [9.17, 15) is 18.0 Å². The Bertz CT molecular complexity index is 1540. The standard InChI is InChI=1S/C32H28F3N3O2/c33-32(34,35)26-13-11-23(12-14-26)22-38-27-15-20-40-29(27)21-28(38)31(39)37-18-16-36(17-19-37)30(24-7-3-1-4-8-24)25-9-5-2-6-10-25/h1-15,20-21,30H,16-19,22H2. The molecule has 6 rings (SSSR count). The molecular formula is C32H28F3N3O2. The van der Waals surface area contributed by atoms with Crippen LogP contribution in [0.1, 0.15) is 38.8 Å². The van der Waals surface area contributed by atoms with E-state index >= 15 is 0 Å². The maximum Gasteiger partial charge on any atom is 0.416 e. The quantitative estimate of drug-likeness (QED) is 0.235. The summed E-state index contributed by atoms with van der Waals surface area (Å²) in [6.45, 7) is 2.78. The van der Waals surface area contributed by atoms with Gasteiger partial charge in [0.2, 0.25) is 0 Å². The number of rotatable bonds is 6. The molecule has 5 aromatic rings. The van der Waals surface area contributed by atoms with Gasteiger partial charge in [-0.25, -0.2) is 0 Å². The molecule has 1 fully saturated rings. The smallest absolute Gasteiger partial charge is 0.416 e. The molecule has 1 aliphatic heterocycles. The first kappa shape index (κ1) is 26.0. The molecule has 1 aliphatic rings. The lowest BCUT2D eigenvalue weighted by Crippen LogP contribution is -2.50. The first-order chi connectivity index (χ1) is 19.4. The van der Waals surface area contributed by atoms with Crippen molar-refractivity contribution in [3.05, 3.63) is 131 Å². The Hall–Kier alpha value is -4.30. The molecule has 5 nitrogen and oxygen atoms in total. The summed E-state index contributed by atoms with van der Waals surface area (Å²) >= 11 is 0. The minimum Gasteiger partial charge on any atom is -0.463 e. The van der Waals surface area contributed by atoms with E-state index in [1.54, 1.807) is 18.4 Å². The van der Waals surface area contributed by atoms with E-state index in [0.29, 0.717) is 43.0 Å². The van der Waals surface area contributed by atoms with Crippen LogP contribution in [0.5, 0.6) is 0 Å². The van der Waals surface area contributed by atoms with E-state index in [1.165, 1.54) is 23.3 Å². The van der Waals surface area contributed by atoms with Crippen molar-refractivity contribution in [1.82, 2.24) is 14.4 Å². The van der Waals surface area contributed by atoms with Crippen LogP contribution in [0, 0.1) is 0 Å². The monoisotopic (exact) mass is 543 g/mol. The van der Waals surface area contributed by atoms with Crippen LogP contribution in [0.2, 0.25) is 0 Å². The molecule has 8 heteroatoms. The number of benzene rings is 3. The van der Waals surface area contributed by atoms with Crippen molar-refractivity contribution in [3.63, 3.8) is 0 Å². The molecule has 40 heavy (non-hydrogen) atoms. The van der Waals surface area contributed by atoms with Gasteiger partial charge in [-0.1, -0.05) is 72.8 Å². The molecule has 0 N–H and O–H groups in total. The van der Waals surface area contributed by atoms with Crippen molar-refractivity contribution >= 4 is 17.0 Å². The molecule has 0 atom stereocenters. The van der Waals surface area contributed by atoms with Crippen LogP contribution in [0.25, 0.3) is 11.1 Å². The number of hydrogen-bond acceptors (Lipinski definition) is 3. The highest BCUT2D eigenvalue weighted by atomic mass is 19.4. The molecule has 1 saturated heterocycles. The number of carbonyl (C=O) groups excluding carboxylic acids is 1. The van der Waals surface area contributed by atoms with Crippen LogP contribution in [0.15, 0.2) is 108 Å². The van der Waals surface area contributed by atoms with Crippen molar-refractivity contribution < 1.29 is 22.4 Å². The molecule has 0 aliphatic carbocycles. The summed E-state index contributed by atoms with van der Waals surface area (Å²) in [4.78, 5) is 18.0. The number of hydrogen-bond donors (Lipinski definition) is 0. The Kier molecular flexibility index (Phi) is 6.94. The third-order valence-electron chi connectivity index (χ3n) is 7.56. The van der Waals surface area contributed by atoms with Gasteiger partial charge in [-0.2, -0.15) is 13.2 Å². The van der Waals surface area contributed by atoms with E-state index in [4.69, 9.17) is 4.42 Å². The van der Waals surface area contributed by atoms with E-state index in [0.717, 1.165) is 17.6 Å². The van der Waals surface area contributed by atoms with Gasteiger partial charge in [-0.15, -0.1) is 0 Å². The molecule has 3 aromatic carbocycles. The summed E-state index contributed by atoms with van der Waals surface area (Å²) in [7, 11) is 0. The van der Waals surface area contributed by atoms with Gasteiger partial charge in [0.15, 0.2) is 5.58 Å². The maximum absolute atomic E-state index is 13.8. The van der Waals surface area contributed by atoms with Crippen molar-refractivity contribution in [2.75, 3.05) is 26.2 Å². The zero-order chi connectivity index (χ0) is 27.7. The topological polar surface area (TPSA) is 41.6 Å². The van der Waals surface area contributed by atoms with E-state index in [-0.39, 0.29) is 18.5 Å². The summed E-state index contributed by atoms with van der Waals surface area (Å²) in [5, 5.41) is 0. The number of piperazine rings is 1. The normalized spacial score (nSPS) is 14.8. The molecule has 0 spiro atoms. The Morgan fingerprint density at radius 3 is 1.98 bits per heavy atom. The van der Waals surface area contributed by atoms with Crippen LogP contribution in [0.4, 0.5) is 13.2 Å². The van der Waals surface area contributed by atoms with Crippen LogP contribution in [-0.4, -0.2) is 46.5 Å². The molecule has 0 saturated carbocycles. The highest BCUT2D eigenvalue weighted by Gasteiger charge is 2.31. The second-order valence-corrected chi connectivity index (χ2v) is 10.0. The highest BCUT2D eigenvalue weighted by Crippen LogP contribution is 2.31. The molecular weight excluding hydrogens is 515 g/mol. The zero-order valence-corrected chi connectivity index (χ0v) is 21.7. The Balaban J connectivity index is 1.22. The molecule has 3 heterocycles. The number of amides is 1. The maximum atomic E-state index is 13.8. The van der Waals surface area contributed by atoms with Crippen molar-refractivity contribution in [3.8, 4) is 0 Å². The van der Waals surface area contributed by atoms with Crippen LogP contribution < -0.4 is 0 Å². The number of alkyl halides is 3. The zero-order valence-electron chi connectivity index (χ0n) is 21.7. The van der Waals surface area contributed by atoms with Gasteiger partial charge in [0, 0.05) is 44.9 Å². The molecule has 204 valence electrons. The Morgan fingerprint density at radius 1 is 0.800 bits per heavy atom. The number of fused-ring (bicyclic) bond motifs is 1. The Morgan fingerprint density at radius 2 is 1.40 bits per heavy atom. The summed E-state index contributed by atoms with van der Waals surface area (Å²) in [6.07, 6.45) is -2.85. The predicted octanol–water partition coefficient (Wildman–Crippen LogP) is 6.85. The SMILES string of the molecule is O=C(c1cc2occc2n1Cc1ccc(C(F)(F)F)cc1)N1CCN(C(c2ccccc2)c2ccccc2)CC1. The predicted molar refractivity (Wildman–Crippen MR) is 147 cm³/mol. The van der Waals surface area contributed by atoms with Gasteiger partial charge in [-0.3, -0.25) is 9.69 Å². The summed E-state index contributed by atoms with van der Waals surface area (Å²) in [5.41, 5.74) is 4.15. The molecule has 2 aromatic heterocycles. The second-order valence-electron chi connectivity index (χ2n) is 10.0. The van der Waals surface area contributed by atoms with Crippen molar-refractivity contribution in [1.29, 1.82) is 0 Å². The van der Waals surface area contributed by atoms with Crippen LogP contribution >= 0.6 is 0 Å². The third kappa shape index (κ3) is 5.14. The fourth-order valence-electron chi connectivity index (χ4n) is 5.54. The molecule has 0 unspecified atom stereocenters. The fraction of sp³-hybridized carbons (Fsp3) is 0.219. The van der Waals surface area contributed by atoms with Crippen LogP contribution in [-0.2, 0) is 12.7 Å². The average Bonchev–Trinajstić information content (AvgIpc) is 3.57. The van der Waals surface area contributed by atoms with Gasteiger partial charge < -0.3 is 13.9 Å². The highest BCUT2D eigenvalue weighted by molar-refractivity contribution is 5.97. The van der Waals surface area contributed by atoms with Crippen molar-refractivity contribution in [2.45, 2.75) is 18.8 Å². The van der Waals surface area contributed by atoms with E-state index in [1.807, 2.05) is 45.9 Å². The number of nitrogens with zero attached hydrogens (tertiary/aromatic N) is 3. The Labute approximate surface area is 230 Å². The first-order valence-electron chi connectivity index (χ1n) is 13.2. The van der Waals surface area contributed by atoms with Gasteiger partial charge in [-0.05, 0) is 28.8 Å². The van der Waals surface area contributed by atoms with E-state index in [2.05, 4.69) is 29.2 Å². The number of furan rings is 1. The summed E-state index contributed by atoms with van der Waals surface area (Å²) < 4.78 is 46.5. The second kappa shape index (κ2) is 10.7. The van der Waals surface area contributed by atoms with Gasteiger partial charge >= 0.3 is 6.18 Å². The van der Waals surface area contributed by atoms with Gasteiger partial charge in [0.1, 0.15) is 5.69 Å². The average molecular weight is 544 g/mol. The summed E-state index contributed by atoms with van der Waals surface area (Å²) in [5.74, 6) is -0.117. The summed E-state index contributed by atoms with van der Waals surface area (Å²) in [6, 6.07) is 29.4. The molecule has 1 amide bonds. The lowest BCUT2D eigenvalue weighted by molar-refractivity contribution is -0.137. The van der Waals surface area contributed by atoms with E-state index < -0.39 is 11.7 Å². The minimum absolute atomic E-state index is 0.0884. The number of halogens is 3. The van der Waals surface area contributed by atoms with Gasteiger partial charge in [0.05, 0.1) is 23.4 Å². The lowest BCUT2D eigenvalue weighted by atomic mass is 9.96. The number of aromatic nitrogens is 1. The first-order valence-corrected chi connectivity index (χ1v) is 13.2. The van der Waals surface area contributed by atoms with Crippen molar-refractivity contribution in [2.24, 2.45) is 0 Å². The van der Waals surface area contributed by atoms with Crippen LogP contribution in [0.3, 0.4) is 0 Å². The minimum atomic E-state index is -4.40. The fourth-order valence-corrected chi connectivity index (χ4v) is 5.54. The lowest BCUT2D eigenvalue weighted by Gasteiger charge is -2.39. The molecule has 0 bridgehead atoms.